The summed E-state index contributed by atoms with van der Waals surface area (Å²) in [5.41, 5.74) is 0.998. The molecule has 1 aromatic heterocycles. The highest BCUT2D eigenvalue weighted by atomic mass is 16.7. The lowest BCUT2D eigenvalue weighted by molar-refractivity contribution is 0.174. The maximum Gasteiger partial charge on any atom is 0.231 e. The first-order valence-corrected chi connectivity index (χ1v) is 6.42. The molecule has 1 aromatic carbocycles. The molecule has 0 fully saturated rings. The summed E-state index contributed by atoms with van der Waals surface area (Å²) in [6.45, 7) is 3.50. The second kappa shape index (κ2) is 5.64. The van der Waals surface area contributed by atoms with Crippen molar-refractivity contribution in [2.24, 2.45) is 0 Å². The van der Waals surface area contributed by atoms with Crippen LogP contribution < -0.4 is 19.5 Å². The third-order valence-electron chi connectivity index (χ3n) is 2.82. The van der Waals surface area contributed by atoms with Gasteiger partial charge in [0, 0.05) is 12.6 Å². The van der Waals surface area contributed by atoms with Crippen LogP contribution in [0.5, 0.6) is 17.4 Å². The van der Waals surface area contributed by atoms with Crippen molar-refractivity contribution in [2.45, 2.75) is 13.5 Å². The fourth-order valence-corrected chi connectivity index (χ4v) is 1.88. The Balaban J connectivity index is 1.65. The Morgan fingerprint density at radius 2 is 2.10 bits per heavy atom. The van der Waals surface area contributed by atoms with Crippen LogP contribution in [0.25, 0.3) is 0 Å². The highest BCUT2D eigenvalue weighted by Crippen LogP contribution is 2.32. The van der Waals surface area contributed by atoms with Gasteiger partial charge in [-0.15, -0.1) is 0 Å². The number of nitrogens with one attached hydrogen (secondary N) is 1. The molecule has 6 nitrogen and oxygen atoms in total. The molecular formula is C14H15N3O3. The Bertz CT molecular complexity index is 604. The van der Waals surface area contributed by atoms with Gasteiger partial charge in [-0.3, -0.25) is 0 Å². The topological polar surface area (TPSA) is 65.5 Å². The van der Waals surface area contributed by atoms with Gasteiger partial charge in [-0.2, -0.15) is 0 Å². The highest BCUT2D eigenvalue weighted by molar-refractivity contribution is 5.44. The van der Waals surface area contributed by atoms with Crippen LogP contribution in [0.15, 0.2) is 30.6 Å². The van der Waals surface area contributed by atoms with Crippen LogP contribution in [0.1, 0.15) is 12.5 Å². The van der Waals surface area contributed by atoms with Crippen LogP contribution in [-0.2, 0) is 6.61 Å². The van der Waals surface area contributed by atoms with Gasteiger partial charge in [-0.1, -0.05) is 6.07 Å². The molecule has 0 unspecified atom stereocenters. The number of aromatic nitrogens is 2. The summed E-state index contributed by atoms with van der Waals surface area (Å²) in [6, 6.07) is 7.51. The van der Waals surface area contributed by atoms with Gasteiger partial charge in [0.15, 0.2) is 11.5 Å². The van der Waals surface area contributed by atoms with E-state index >= 15 is 0 Å². The highest BCUT2D eigenvalue weighted by Gasteiger charge is 2.13. The van der Waals surface area contributed by atoms with E-state index in [0.717, 1.165) is 29.4 Å². The molecule has 0 saturated heterocycles. The Labute approximate surface area is 116 Å². The first kappa shape index (κ1) is 12.5. The lowest BCUT2D eigenvalue weighted by Gasteiger charge is -2.07. The fraction of sp³-hybridized carbons (Fsp3) is 0.286. The summed E-state index contributed by atoms with van der Waals surface area (Å²) in [7, 11) is 0. The number of ether oxygens (including phenoxy) is 3. The van der Waals surface area contributed by atoms with E-state index in [1.54, 1.807) is 6.07 Å². The van der Waals surface area contributed by atoms with E-state index in [4.69, 9.17) is 14.2 Å². The molecule has 2 heterocycles. The Hall–Kier alpha value is -2.50. The predicted octanol–water partition coefficient (Wildman–Crippen LogP) is 2.22. The third kappa shape index (κ3) is 2.74. The predicted molar refractivity (Wildman–Crippen MR) is 73.1 cm³/mol. The minimum atomic E-state index is 0.275. The normalized spacial score (nSPS) is 12.2. The molecule has 0 aliphatic carbocycles. The van der Waals surface area contributed by atoms with Crippen LogP contribution in [0, 0.1) is 0 Å². The van der Waals surface area contributed by atoms with Crippen molar-refractivity contribution in [3.05, 3.63) is 36.2 Å². The molecular weight excluding hydrogens is 258 g/mol. The second-order valence-electron chi connectivity index (χ2n) is 4.25. The molecule has 0 bridgehead atoms. The van der Waals surface area contributed by atoms with Crippen molar-refractivity contribution in [3.63, 3.8) is 0 Å². The molecule has 0 amide bonds. The number of rotatable bonds is 5. The number of anilines is 1. The van der Waals surface area contributed by atoms with Gasteiger partial charge in [-0.05, 0) is 24.6 Å². The summed E-state index contributed by atoms with van der Waals surface area (Å²) >= 11 is 0. The summed E-state index contributed by atoms with van der Waals surface area (Å²) in [5.74, 6) is 2.81. The molecule has 0 saturated carbocycles. The number of hydrogen-bond donors (Lipinski definition) is 1. The number of fused-ring (bicyclic) bond motifs is 1. The fourth-order valence-electron chi connectivity index (χ4n) is 1.88. The van der Waals surface area contributed by atoms with Gasteiger partial charge in [0.2, 0.25) is 12.7 Å². The van der Waals surface area contributed by atoms with Crippen molar-refractivity contribution >= 4 is 5.82 Å². The van der Waals surface area contributed by atoms with Crippen molar-refractivity contribution in [1.29, 1.82) is 0 Å². The van der Waals surface area contributed by atoms with Gasteiger partial charge >= 0.3 is 0 Å². The second-order valence-corrected chi connectivity index (χ2v) is 4.25. The van der Waals surface area contributed by atoms with E-state index < -0.39 is 0 Å². The molecule has 1 aliphatic heterocycles. The van der Waals surface area contributed by atoms with Gasteiger partial charge in [0.05, 0.1) is 0 Å². The smallest absolute Gasteiger partial charge is 0.231 e. The van der Waals surface area contributed by atoms with Gasteiger partial charge in [-0.25, -0.2) is 9.97 Å². The maximum absolute atomic E-state index is 5.65. The number of hydrogen-bond acceptors (Lipinski definition) is 6. The lowest BCUT2D eigenvalue weighted by Crippen LogP contribution is -2.02. The molecule has 0 atom stereocenters. The van der Waals surface area contributed by atoms with Gasteiger partial charge < -0.3 is 19.5 Å². The van der Waals surface area contributed by atoms with E-state index in [2.05, 4.69) is 15.3 Å². The van der Waals surface area contributed by atoms with Gasteiger partial charge in [0.1, 0.15) is 18.8 Å². The Morgan fingerprint density at radius 3 is 3.00 bits per heavy atom. The Morgan fingerprint density at radius 1 is 1.20 bits per heavy atom. The molecule has 1 aliphatic rings. The maximum atomic E-state index is 5.65. The molecule has 6 heteroatoms. The summed E-state index contributed by atoms with van der Waals surface area (Å²) in [4.78, 5) is 8.17. The van der Waals surface area contributed by atoms with Crippen molar-refractivity contribution in [1.82, 2.24) is 9.97 Å². The van der Waals surface area contributed by atoms with E-state index in [1.165, 1.54) is 6.33 Å². The first-order valence-electron chi connectivity index (χ1n) is 6.42. The quantitative estimate of drug-likeness (QED) is 0.901. The molecule has 3 rings (SSSR count). The zero-order chi connectivity index (χ0) is 13.8. The zero-order valence-electron chi connectivity index (χ0n) is 11.1. The van der Waals surface area contributed by atoms with E-state index in [0.29, 0.717) is 12.5 Å². The van der Waals surface area contributed by atoms with Crippen LogP contribution in [0.2, 0.25) is 0 Å². The molecule has 0 spiro atoms. The monoisotopic (exact) mass is 273 g/mol. The summed E-state index contributed by atoms with van der Waals surface area (Å²) in [6.07, 6.45) is 1.48. The lowest BCUT2D eigenvalue weighted by atomic mass is 10.2. The van der Waals surface area contributed by atoms with Crippen LogP contribution in [0.4, 0.5) is 5.82 Å². The molecule has 1 N–H and O–H groups in total. The minimum absolute atomic E-state index is 0.275. The third-order valence-corrected chi connectivity index (χ3v) is 2.82. The van der Waals surface area contributed by atoms with Crippen molar-refractivity contribution < 1.29 is 14.2 Å². The van der Waals surface area contributed by atoms with Crippen LogP contribution >= 0.6 is 0 Å². The standard InChI is InChI=1S/C14H15N3O3/c1-2-15-13-6-14(17-8-16-13)18-7-10-3-4-11-12(5-10)20-9-19-11/h3-6,8H,2,7,9H2,1H3,(H,15,16,17). The van der Waals surface area contributed by atoms with E-state index in [9.17, 15) is 0 Å². The number of nitrogens with zero attached hydrogens (tertiary/aromatic N) is 2. The Kier molecular flexibility index (Phi) is 3.54. The van der Waals surface area contributed by atoms with Crippen molar-refractivity contribution in [3.8, 4) is 17.4 Å². The van der Waals surface area contributed by atoms with Crippen LogP contribution in [-0.4, -0.2) is 23.3 Å². The molecule has 2 aromatic rings. The summed E-state index contributed by atoms with van der Waals surface area (Å²) in [5, 5.41) is 3.11. The average Bonchev–Trinajstić information content (AvgIpc) is 2.93. The first-order chi connectivity index (χ1) is 9.85. The molecule has 104 valence electrons. The summed E-state index contributed by atoms with van der Waals surface area (Å²) < 4.78 is 16.2. The van der Waals surface area contributed by atoms with E-state index in [1.807, 2.05) is 25.1 Å². The molecule has 0 radical (unpaired) electrons. The van der Waals surface area contributed by atoms with Crippen LogP contribution in [0.3, 0.4) is 0 Å². The average molecular weight is 273 g/mol. The SMILES string of the molecule is CCNc1cc(OCc2ccc3c(c2)OCO3)ncn1. The van der Waals surface area contributed by atoms with Gasteiger partial charge in [0.25, 0.3) is 0 Å². The number of benzene rings is 1. The zero-order valence-corrected chi connectivity index (χ0v) is 11.1. The molecule has 20 heavy (non-hydrogen) atoms. The largest absolute Gasteiger partial charge is 0.473 e. The minimum Gasteiger partial charge on any atom is -0.473 e. The van der Waals surface area contributed by atoms with Crippen molar-refractivity contribution in [2.75, 3.05) is 18.7 Å². The van der Waals surface area contributed by atoms with E-state index in [-0.39, 0.29) is 6.79 Å².